The fourth-order valence-corrected chi connectivity index (χ4v) is 2.44. The number of aromatic hydroxyl groups is 3. The maximum atomic E-state index is 9.85. The molecule has 110 valence electrons. The lowest BCUT2D eigenvalue weighted by Crippen LogP contribution is -1.92. The molecule has 21 heavy (non-hydrogen) atoms. The van der Waals surface area contributed by atoms with E-state index in [0.717, 1.165) is 35.1 Å². The monoisotopic (exact) mass is 284 g/mol. The molecule has 0 atom stereocenters. The Hall–Kier alpha value is -2.42. The van der Waals surface area contributed by atoms with Crippen LogP contribution in [0.25, 0.3) is 11.1 Å². The average molecular weight is 284 g/mol. The van der Waals surface area contributed by atoms with Gasteiger partial charge in [0, 0.05) is 0 Å². The summed E-state index contributed by atoms with van der Waals surface area (Å²) in [6, 6.07) is 8.53. The van der Waals surface area contributed by atoms with E-state index in [-0.39, 0.29) is 17.2 Å². The SMILES string of the molecule is C=CCc1cc(-c2cc(O)c(O)cc2CCC)ccc1O. The number of hydrogen-bond acceptors (Lipinski definition) is 3. The Morgan fingerprint density at radius 3 is 2.33 bits per heavy atom. The van der Waals surface area contributed by atoms with E-state index in [4.69, 9.17) is 0 Å². The van der Waals surface area contributed by atoms with Crippen LogP contribution in [0.2, 0.25) is 0 Å². The van der Waals surface area contributed by atoms with Crippen LogP contribution in [-0.2, 0) is 12.8 Å². The lowest BCUT2D eigenvalue weighted by molar-refractivity contribution is 0.403. The van der Waals surface area contributed by atoms with Gasteiger partial charge < -0.3 is 15.3 Å². The van der Waals surface area contributed by atoms with E-state index in [1.807, 2.05) is 12.1 Å². The highest BCUT2D eigenvalue weighted by Crippen LogP contribution is 2.36. The first-order chi connectivity index (χ1) is 10.1. The molecule has 0 amide bonds. The topological polar surface area (TPSA) is 60.7 Å². The van der Waals surface area contributed by atoms with Gasteiger partial charge in [0.15, 0.2) is 11.5 Å². The Morgan fingerprint density at radius 2 is 1.67 bits per heavy atom. The van der Waals surface area contributed by atoms with Gasteiger partial charge in [-0.05, 0) is 59.4 Å². The van der Waals surface area contributed by atoms with Gasteiger partial charge in [0.25, 0.3) is 0 Å². The molecule has 3 nitrogen and oxygen atoms in total. The molecule has 0 unspecified atom stereocenters. The Kier molecular flexibility index (Phi) is 4.53. The standard InChI is InChI=1S/C18H20O3/c1-3-5-12-10-17(20)18(21)11-15(12)13-7-8-16(19)14(9-13)6-4-2/h4,7-11,19-21H,2-3,5-6H2,1H3. The summed E-state index contributed by atoms with van der Waals surface area (Å²) >= 11 is 0. The third-order valence-electron chi connectivity index (χ3n) is 3.47. The molecule has 3 heteroatoms. The highest BCUT2D eigenvalue weighted by molar-refractivity contribution is 5.72. The van der Waals surface area contributed by atoms with Crippen molar-refractivity contribution in [2.75, 3.05) is 0 Å². The Morgan fingerprint density at radius 1 is 0.952 bits per heavy atom. The highest BCUT2D eigenvalue weighted by Gasteiger charge is 2.11. The number of phenols is 3. The van der Waals surface area contributed by atoms with Crippen molar-refractivity contribution >= 4 is 0 Å². The van der Waals surface area contributed by atoms with Crippen LogP contribution < -0.4 is 0 Å². The second kappa shape index (κ2) is 6.35. The van der Waals surface area contributed by atoms with E-state index in [1.54, 1.807) is 24.3 Å². The first kappa shape index (κ1) is 15.0. The molecule has 0 saturated heterocycles. The summed E-state index contributed by atoms with van der Waals surface area (Å²) in [6.45, 7) is 5.75. The van der Waals surface area contributed by atoms with Gasteiger partial charge in [0.2, 0.25) is 0 Å². The summed E-state index contributed by atoms with van der Waals surface area (Å²) in [5, 5.41) is 29.3. The fraction of sp³-hybridized carbons (Fsp3) is 0.222. The van der Waals surface area contributed by atoms with Crippen molar-refractivity contribution in [3.63, 3.8) is 0 Å². The fourth-order valence-electron chi connectivity index (χ4n) is 2.44. The predicted octanol–water partition coefficient (Wildman–Crippen LogP) is 4.15. The van der Waals surface area contributed by atoms with Gasteiger partial charge in [-0.2, -0.15) is 0 Å². The van der Waals surface area contributed by atoms with Crippen molar-refractivity contribution in [3.05, 3.63) is 54.1 Å². The maximum Gasteiger partial charge on any atom is 0.158 e. The van der Waals surface area contributed by atoms with Crippen molar-refractivity contribution in [1.82, 2.24) is 0 Å². The molecular weight excluding hydrogens is 264 g/mol. The van der Waals surface area contributed by atoms with Crippen LogP contribution in [0.3, 0.4) is 0 Å². The minimum atomic E-state index is -0.136. The molecule has 2 rings (SSSR count). The van der Waals surface area contributed by atoms with Gasteiger partial charge in [-0.1, -0.05) is 25.5 Å². The smallest absolute Gasteiger partial charge is 0.158 e. The highest BCUT2D eigenvalue weighted by atomic mass is 16.3. The number of phenolic OH excluding ortho intramolecular Hbond substituents is 3. The van der Waals surface area contributed by atoms with E-state index < -0.39 is 0 Å². The summed E-state index contributed by atoms with van der Waals surface area (Å²) in [4.78, 5) is 0. The zero-order chi connectivity index (χ0) is 15.4. The molecule has 2 aromatic rings. The van der Waals surface area contributed by atoms with Gasteiger partial charge in [-0.3, -0.25) is 0 Å². The van der Waals surface area contributed by atoms with Gasteiger partial charge in [0.1, 0.15) is 5.75 Å². The molecule has 2 aromatic carbocycles. The number of rotatable bonds is 5. The van der Waals surface area contributed by atoms with Crippen molar-refractivity contribution in [3.8, 4) is 28.4 Å². The largest absolute Gasteiger partial charge is 0.508 e. The maximum absolute atomic E-state index is 9.85. The Bertz CT molecular complexity index is 660. The van der Waals surface area contributed by atoms with E-state index in [2.05, 4.69) is 13.5 Å². The molecule has 0 aliphatic heterocycles. The lowest BCUT2D eigenvalue weighted by atomic mass is 9.94. The van der Waals surface area contributed by atoms with Crippen molar-refractivity contribution in [2.24, 2.45) is 0 Å². The summed E-state index contributed by atoms with van der Waals surface area (Å²) in [6.07, 6.45) is 4.06. The zero-order valence-electron chi connectivity index (χ0n) is 12.1. The van der Waals surface area contributed by atoms with Crippen LogP contribution in [0.4, 0.5) is 0 Å². The second-order valence-corrected chi connectivity index (χ2v) is 5.08. The number of hydrogen-bond donors (Lipinski definition) is 3. The zero-order valence-corrected chi connectivity index (χ0v) is 12.1. The van der Waals surface area contributed by atoms with Gasteiger partial charge in [-0.25, -0.2) is 0 Å². The van der Waals surface area contributed by atoms with Crippen LogP contribution in [0.5, 0.6) is 17.2 Å². The lowest BCUT2D eigenvalue weighted by Gasteiger charge is -2.13. The van der Waals surface area contributed by atoms with Gasteiger partial charge in [-0.15, -0.1) is 6.58 Å². The average Bonchev–Trinajstić information content (AvgIpc) is 2.46. The third kappa shape index (κ3) is 3.19. The second-order valence-electron chi connectivity index (χ2n) is 5.08. The molecule has 0 aliphatic rings. The summed E-state index contributed by atoms with van der Waals surface area (Å²) < 4.78 is 0. The van der Waals surface area contributed by atoms with E-state index in [1.165, 1.54) is 0 Å². The molecule has 0 heterocycles. The van der Waals surface area contributed by atoms with Gasteiger partial charge in [0.05, 0.1) is 0 Å². The van der Waals surface area contributed by atoms with Crippen LogP contribution in [-0.4, -0.2) is 15.3 Å². The molecule has 0 aliphatic carbocycles. The van der Waals surface area contributed by atoms with Crippen molar-refractivity contribution < 1.29 is 15.3 Å². The van der Waals surface area contributed by atoms with Crippen LogP contribution in [0.15, 0.2) is 43.0 Å². The van der Waals surface area contributed by atoms with Crippen LogP contribution >= 0.6 is 0 Å². The quantitative estimate of drug-likeness (QED) is 0.571. The van der Waals surface area contributed by atoms with Gasteiger partial charge >= 0.3 is 0 Å². The molecule has 0 fully saturated rings. The number of allylic oxidation sites excluding steroid dienone is 1. The molecule has 0 spiro atoms. The molecule has 0 saturated carbocycles. The third-order valence-corrected chi connectivity index (χ3v) is 3.47. The van der Waals surface area contributed by atoms with Crippen LogP contribution in [0.1, 0.15) is 24.5 Å². The summed E-state index contributed by atoms with van der Waals surface area (Å²) in [7, 11) is 0. The van der Waals surface area contributed by atoms with Crippen LogP contribution in [0, 0.1) is 0 Å². The predicted molar refractivity (Wildman–Crippen MR) is 84.8 cm³/mol. The molecule has 0 aromatic heterocycles. The Labute approximate surface area is 124 Å². The summed E-state index contributed by atoms with van der Waals surface area (Å²) in [5.41, 5.74) is 3.54. The summed E-state index contributed by atoms with van der Waals surface area (Å²) in [5.74, 6) is -0.00539. The first-order valence-corrected chi connectivity index (χ1v) is 7.04. The van der Waals surface area contributed by atoms with E-state index in [0.29, 0.717) is 6.42 Å². The molecule has 0 radical (unpaired) electrons. The van der Waals surface area contributed by atoms with Crippen molar-refractivity contribution in [1.29, 1.82) is 0 Å². The minimum absolute atomic E-state index is 0.104. The van der Waals surface area contributed by atoms with E-state index in [9.17, 15) is 15.3 Å². The normalized spacial score (nSPS) is 10.5. The number of benzene rings is 2. The molecule has 0 bridgehead atoms. The van der Waals surface area contributed by atoms with Crippen molar-refractivity contribution in [2.45, 2.75) is 26.2 Å². The first-order valence-electron chi connectivity index (χ1n) is 7.04. The minimum Gasteiger partial charge on any atom is -0.508 e. The van der Waals surface area contributed by atoms with E-state index >= 15 is 0 Å². The Balaban J connectivity index is 2.57. The molecule has 3 N–H and O–H groups in total. The number of aryl methyl sites for hydroxylation is 1. The molecular formula is C18H20O3.